The highest BCUT2D eigenvalue weighted by Gasteiger charge is 2.10. The van der Waals surface area contributed by atoms with Crippen LogP contribution in [0.4, 0.5) is 5.69 Å². The zero-order chi connectivity index (χ0) is 13.8. The Bertz CT molecular complexity index is 669. The van der Waals surface area contributed by atoms with Gasteiger partial charge < -0.3 is 5.32 Å². The number of benzene rings is 2. The molecule has 0 saturated carbocycles. The van der Waals surface area contributed by atoms with Gasteiger partial charge in [-0.25, -0.2) is 0 Å². The zero-order valence-electron chi connectivity index (χ0n) is 10.9. The number of carbonyl (C=O) groups excluding carboxylic acids is 1. The number of hydrogen-bond donors (Lipinski definition) is 1. The maximum Gasteiger partial charge on any atom is 0.255 e. The van der Waals surface area contributed by atoms with Gasteiger partial charge in [-0.05, 0) is 49.2 Å². The Morgan fingerprint density at radius 2 is 1.89 bits per heavy atom. The second-order valence-corrected chi connectivity index (χ2v) is 4.39. The van der Waals surface area contributed by atoms with E-state index in [1.807, 2.05) is 32.0 Å². The standard InChI is InChI=1S/C16H14N2O/c1-11-5-3-8-15(12(11)2)16(19)18-14-7-4-6-13(9-14)10-17/h3-9H,1-2H3,(H,18,19). The average molecular weight is 250 g/mol. The third-order valence-corrected chi connectivity index (χ3v) is 3.10. The maximum atomic E-state index is 12.2. The van der Waals surface area contributed by atoms with Crippen LogP contribution in [0.15, 0.2) is 42.5 Å². The van der Waals surface area contributed by atoms with Gasteiger partial charge in [0.15, 0.2) is 0 Å². The smallest absolute Gasteiger partial charge is 0.255 e. The molecule has 3 nitrogen and oxygen atoms in total. The maximum absolute atomic E-state index is 12.2. The number of hydrogen-bond acceptors (Lipinski definition) is 2. The van der Waals surface area contributed by atoms with Crippen LogP contribution >= 0.6 is 0 Å². The molecule has 0 aliphatic rings. The normalized spacial score (nSPS) is 9.74. The number of nitrogens with zero attached hydrogens (tertiary/aromatic N) is 1. The minimum absolute atomic E-state index is 0.156. The van der Waals surface area contributed by atoms with E-state index in [1.54, 1.807) is 30.3 Å². The molecule has 0 aromatic heterocycles. The highest BCUT2D eigenvalue weighted by Crippen LogP contribution is 2.16. The Morgan fingerprint density at radius 3 is 2.63 bits per heavy atom. The predicted octanol–water partition coefficient (Wildman–Crippen LogP) is 3.43. The molecule has 2 aromatic carbocycles. The molecule has 2 rings (SSSR count). The summed E-state index contributed by atoms with van der Waals surface area (Å²) in [5.41, 5.74) is 3.86. The number of carbonyl (C=O) groups is 1. The molecule has 0 saturated heterocycles. The van der Waals surface area contributed by atoms with E-state index in [0.29, 0.717) is 16.8 Å². The SMILES string of the molecule is Cc1cccc(C(=O)Nc2cccc(C#N)c2)c1C. The number of aryl methyl sites for hydroxylation is 1. The molecular weight excluding hydrogens is 236 g/mol. The van der Waals surface area contributed by atoms with E-state index < -0.39 is 0 Å². The molecule has 1 amide bonds. The molecule has 0 fully saturated rings. The average Bonchev–Trinajstić information content (AvgIpc) is 2.42. The second-order valence-electron chi connectivity index (χ2n) is 4.39. The molecule has 0 spiro atoms. The number of anilines is 1. The first-order valence-electron chi connectivity index (χ1n) is 5.99. The lowest BCUT2D eigenvalue weighted by Crippen LogP contribution is -2.13. The van der Waals surface area contributed by atoms with Gasteiger partial charge in [0.05, 0.1) is 11.6 Å². The number of nitriles is 1. The molecule has 3 heteroatoms. The van der Waals surface area contributed by atoms with Crippen LogP contribution in [-0.4, -0.2) is 5.91 Å². The Balaban J connectivity index is 2.26. The van der Waals surface area contributed by atoms with Crippen molar-refractivity contribution >= 4 is 11.6 Å². The Hall–Kier alpha value is -2.60. The lowest BCUT2D eigenvalue weighted by Gasteiger charge is -2.09. The first kappa shape index (κ1) is 12.8. The fourth-order valence-corrected chi connectivity index (χ4v) is 1.86. The van der Waals surface area contributed by atoms with Gasteiger partial charge >= 0.3 is 0 Å². The van der Waals surface area contributed by atoms with Crippen molar-refractivity contribution in [1.82, 2.24) is 0 Å². The van der Waals surface area contributed by atoms with Crippen molar-refractivity contribution < 1.29 is 4.79 Å². The highest BCUT2D eigenvalue weighted by molar-refractivity contribution is 6.05. The minimum Gasteiger partial charge on any atom is -0.322 e. The summed E-state index contributed by atoms with van der Waals surface area (Å²) in [5, 5.41) is 11.6. The summed E-state index contributed by atoms with van der Waals surface area (Å²) in [7, 11) is 0. The van der Waals surface area contributed by atoms with Gasteiger partial charge in [-0.1, -0.05) is 18.2 Å². The van der Waals surface area contributed by atoms with Crippen molar-refractivity contribution in [3.63, 3.8) is 0 Å². The molecule has 19 heavy (non-hydrogen) atoms. The van der Waals surface area contributed by atoms with Gasteiger partial charge in [0.25, 0.3) is 5.91 Å². The summed E-state index contributed by atoms with van der Waals surface area (Å²) in [4.78, 5) is 12.2. The number of rotatable bonds is 2. The molecule has 0 aliphatic carbocycles. The first-order valence-corrected chi connectivity index (χ1v) is 5.99. The zero-order valence-corrected chi connectivity index (χ0v) is 10.9. The third-order valence-electron chi connectivity index (χ3n) is 3.10. The molecule has 0 atom stereocenters. The summed E-state index contributed by atoms with van der Waals surface area (Å²) < 4.78 is 0. The fraction of sp³-hybridized carbons (Fsp3) is 0.125. The Kier molecular flexibility index (Phi) is 3.63. The third kappa shape index (κ3) is 2.80. The van der Waals surface area contributed by atoms with Gasteiger partial charge in [0, 0.05) is 11.3 Å². The van der Waals surface area contributed by atoms with Gasteiger partial charge in [0.2, 0.25) is 0 Å². The van der Waals surface area contributed by atoms with Crippen LogP contribution in [0, 0.1) is 25.2 Å². The molecular formula is C16H14N2O. The minimum atomic E-state index is -0.156. The van der Waals surface area contributed by atoms with Crippen LogP contribution in [0.5, 0.6) is 0 Å². The van der Waals surface area contributed by atoms with Gasteiger partial charge in [-0.3, -0.25) is 4.79 Å². The summed E-state index contributed by atoms with van der Waals surface area (Å²) in [5.74, 6) is -0.156. The largest absolute Gasteiger partial charge is 0.322 e. The van der Waals surface area contributed by atoms with Gasteiger partial charge in [-0.15, -0.1) is 0 Å². The van der Waals surface area contributed by atoms with Crippen molar-refractivity contribution in [3.05, 3.63) is 64.7 Å². The summed E-state index contributed by atoms with van der Waals surface area (Å²) >= 11 is 0. The quantitative estimate of drug-likeness (QED) is 0.887. The molecule has 0 unspecified atom stereocenters. The molecule has 0 aliphatic heterocycles. The van der Waals surface area contributed by atoms with E-state index in [-0.39, 0.29) is 5.91 Å². The summed E-state index contributed by atoms with van der Waals surface area (Å²) in [6, 6.07) is 14.6. The van der Waals surface area contributed by atoms with Crippen molar-refractivity contribution in [2.45, 2.75) is 13.8 Å². The van der Waals surface area contributed by atoms with Crippen LogP contribution in [0.2, 0.25) is 0 Å². The van der Waals surface area contributed by atoms with Crippen molar-refractivity contribution in [2.75, 3.05) is 5.32 Å². The highest BCUT2D eigenvalue weighted by atomic mass is 16.1. The van der Waals surface area contributed by atoms with E-state index in [9.17, 15) is 4.79 Å². The molecule has 2 aromatic rings. The first-order chi connectivity index (χ1) is 9.11. The lowest BCUT2D eigenvalue weighted by molar-refractivity contribution is 0.102. The van der Waals surface area contributed by atoms with Crippen LogP contribution in [0.1, 0.15) is 27.0 Å². The second kappa shape index (κ2) is 5.36. The van der Waals surface area contributed by atoms with Crippen LogP contribution in [0.25, 0.3) is 0 Å². The van der Waals surface area contributed by atoms with Crippen molar-refractivity contribution in [3.8, 4) is 6.07 Å². The topological polar surface area (TPSA) is 52.9 Å². The monoisotopic (exact) mass is 250 g/mol. The fourth-order valence-electron chi connectivity index (χ4n) is 1.86. The van der Waals surface area contributed by atoms with Crippen LogP contribution < -0.4 is 5.32 Å². The van der Waals surface area contributed by atoms with Crippen molar-refractivity contribution in [2.24, 2.45) is 0 Å². The van der Waals surface area contributed by atoms with E-state index >= 15 is 0 Å². The van der Waals surface area contributed by atoms with E-state index in [0.717, 1.165) is 11.1 Å². The Labute approximate surface area is 112 Å². The van der Waals surface area contributed by atoms with E-state index in [4.69, 9.17) is 5.26 Å². The number of amides is 1. The molecule has 94 valence electrons. The number of nitrogens with one attached hydrogen (secondary N) is 1. The summed E-state index contributed by atoms with van der Waals surface area (Å²) in [6.07, 6.45) is 0. The molecule has 0 bridgehead atoms. The Morgan fingerprint density at radius 1 is 1.16 bits per heavy atom. The van der Waals surface area contributed by atoms with Gasteiger partial charge in [-0.2, -0.15) is 5.26 Å². The van der Waals surface area contributed by atoms with Gasteiger partial charge in [0.1, 0.15) is 0 Å². The molecule has 1 N–H and O–H groups in total. The van der Waals surface area contributed by atoms with Crippen molar-refractivity contribution in [1.29, 1.82) is 5.26 Å². The lowest BCUT2D eigenvalue weighted by atomic mass is 10.0. The van der Waals surface area contributed by atoms with E-state index in [2.05, 4.69) is 5.32 Å². The van der Waals surface area contributed by atoms with Crippen LogP contribution in [-0.2, 0) is 0 Å². The van der Waals surface area contributed by atoms with E-state index in [1.165, 1.54) is 0 Å². The molecule has 0 radical (unpaired) electrons. The predicted molar refractivity (Wildman–Crippen MR) is 75.0 cm³/mol. The molecule has 0 heterocycles. The summed E-state index contributed by atoms with van der Waals surface area (Å²) in [6.45, 7) is 3.90. The van der Waals surface area contributed by atoms with Crippen LogP contribution in [0.3, 0.4) is 0 Å².